The molecule has 0 fully saturated rings. The van der Waals surface area contributed by atoms with Crippen LogP contribution in [0.5, 0.6) is 0 Å². The van der Waals surface area contributed by atoms with Crippen LogP contribution in [0.1, 0.15) is 32.9 Å². The fourth-order valence-corrected chi connectivity index (χ4v) is 4.77. The Labute approximate surface area is 197 Å². The van der Waals surface area contributed by atoms with E-state index >= 15 is 0 Å². The van der Waals surface area contributed by atoms with Gasteiger partial charge in [-0.3, -0.25) is 4.79 Å². The van der Waals surface area contributed by atoms with Crippen LogP contribution in [0.25, 0.3) is 11.5 Å². The number of carbonyl (C=O) groups excluding carboxylic acids is 1. The number of carbonyl (C=O) groups is 1. The third kappa shape index (κ3) is 5.07. The number of nitrogens with one attached hydrogen (secondary N) is 1. The highest BCUT2D eigenvalue weighted by atomic mass is 32.2. The molecule has 6 nitrogen and oxygen atoms in total. The van der Waals surface area contributed by atoms with Gasteiger partial charge in [-0.2, -0.15) is 0 Å². The van der Waals surface area contributed by atoms with Crippen LogP contribution in [-0.2, 0) is 15.6 Å². The smallest absolute Gasteiger partial charge is 0.255 e. The zero-order valence-corrected chi connectivity index (χ0v) is 19.7. The van der Waals surface area contributed by atoms with E-state index in [0.29, 0.717) is 33.8 Å². The van der Waals surface area contributed by atoms with Gasteiger partial charge in [-0.25, -0.2) is 17.8 Å². The first-order valence-electron chi connectivity index (χ1n) is 10.6. The van der Waals surface area contributed by atoms with E-state index in [-0.39, 0.29) is 28.3 Å². The Morgan fingerprint density at radius 1 is 0.971 bits per heavy atom. The van der Waals surface area contributed by atoms with Gasteiger partial charge in [0.05, 0.1) is 10.6 Å². The summed E-state index contributed by atoms with van der Waals surface area (Å²) in [6.07, 6.45) is 0. The van der Waals surface area contributed by atoms with E-state index in [2.05, 4.69) is 10.3 Å². The van der Waals surface area contributed by atoms with Gasteiger partial charge in [0.2, 0.25) is 5.89 Å². The standard InChI is InChI=1S/C26H23FN2O4S/c1-16-4-11-22(12-5-16)34(31,32)15-24-18(3)33-26(29-24)20-8-6-19(7-9-20)25(30)28-23-13-10-21(27)14-17(23)2/h4-14H,15H2,1-3H3,(H,28,30). The minimum absolute atomic E-state index is 0.230. The fourth-order valence-electron chi connectivity index (χ4n) is 3.42. The molecule has 34 heavy (non-hydrogen) atoms. The molecule has 1 heterocycles. The molecule has 1 N–H and O–H groups in total. The van der Waals surface area contributed by atoms with Crippen LogP contribution in [0.2, 0.25) is 0 Å². The predicted octanol–water partition coefficient (Wildman–Crippen LogP) is 5.63. The molecule has 4 aromatic rings. The van der Waals surface area contributed by atoms with Crippen molar-refractivity contribution >= 4 is 21.4 Å². The van der Waals surface area contributed by atoms with Crippen molar-refractivity contribution in [3.63, 3.8) is 0 Å². The quantitative estimate of drug-likeness (QED) is 0.388. The van der Waals surface area contributed by atoms with Crippen LogP contribution in [0.4, 0.5) is 10.1 Å². The van der Waals surface area contributed by atoms with Gasteiger partial charge in [0.15, 0.2) is 9.84 Å². The Balaban J connectivity index is 1.50. The minimum Gasteiger partial charge on any atom is -0.441 e. The van der Waals surface area contributed by atoms with E-state index in [1.54, 1.807) is 62.4 Å². The van der Waals surface area contributed by atoms with Crippen molar-refractivity contribution in [3.05, 3.63) is 101 Å². The molecule has 1 amide bonds. The van der Waals surface area contributed by atoms with Crippen LogP contribution >= 0.6 is 0 Å². The number of aromatic nitrogens is 1. The van der Waals surface area contributed by atoms with Crippen molar-refractivity contribution in [1.82, 2.24) is 4.98 Å². The molecule has 0 aliphatic carbocycles. The molecule has 8 heteroatoms. The van der Waals surface area contributed by atoms with Crippen molar-refractivity contribution in [3.8, 4) is 11.5 Å². The molecule has 0 saturated carbocycles. The van der Waals surface area contributed by atoms with Gasteiger partial charge in [0.1, 0.15) is 17.3 Å². The number of oxazole rings is 1. The van der Waals surface area contributed by atoms with Gasteiger partial charge < -0.3 is 9.73 Å². The summed E-state index contributed by atoms with van der Waals surface area (Å²) in [6, 6.07) is 17.4. The van der Waals surface area contributed by atoms with Crippen molar-refractivity contribution in [1.29, 1.82) is 0 Å². The van der Waals surface area contributed by atoms with E-state index in [1.165, 1.54) is 18.2 Å². The van der Waals surface area contributed by atoms with Gasteiger partial charge in [-0.05, 0) is 80.9 Å². The fraction of sp³-hybridized carbons (Fsp3) is 0.154. The lowest BCUT2D eigenvalue weighted by Gasteiger charge is -2.08. The number of rotatable bonds is 6. The highest BCUT2D eigenvalue weighted by molar-refractivity contribution is 7.90. The Morgan fingerprint density at radius 2 is 1.65 bits per heavy atom. The Bertz CT molecular complexity index is 1460. The molecule has 0 radical (unpaired) electrons. The Kier molecular flexibility index (Phi) is 6.34. The molecular weight excluding hydrogens is 455 g/mol. The molecule has 0 unspecified atom stereocenters. The summed E-state index contributed by atoms with van der Waals surface area (Å²) < 4.78 is 44.5. The number of amides is 1. The lowest BCUT2D eigenvalue weighted by atomic mass is 10.1. The Morgan fingerprint density at radius 3 is 2.29 bits per heavy atom. The normalized spacial score (nSPS) is 11.4. The summed E-state index contributed by atoms with van der Waals surface area (Å²) in [5.74, 6) is -0.294. The average molecular weight is 479 g/mol. The molecule has 0 aliphatic heterocycles. The molecule has 0 aliphatic rings. The van der Waals surface area contributed by atoms with Gasteiger partial charge in [0, 0.05) is 16.8 Å². The van der Waals surface area contributed by atoms with E-state index in [1.807, 2.05) is 6.92 Å². The highest BCUT2D eigenvalue weighted by Crippen LogP contribution is 2.26. The molecular formula is C26H23FN2O4S. The van der Waals surface area contributed by atoms with Crippen molar-refractivity contribution in [2.45, 2.75) is 31.4 Å². The lowest BCUT2D eigenvalue weighted by Crippen LogP contribution is -2.12. The summed E-state index contributed by atoms with van der Waals surface area (Å²) in [4.78, 5) is 17.2. The summed E-state index contributed by atoms with van der Waals surface area (Å²) >= 11 is 0. The molecule has 174 valence electrons. The highest BCUT2D eigenvalue weighted by Gasteiger charge is 2.21. The molecule has 0 atom stereocenters. The molecule has 4 rings (SSSR count). The third-order valence-electron chi connectivity index (χ3n) is 5.43. The topological polar surface area (TPSA) is 89.3 Å². The maximum absolute atomic E-state index is 13.3. The third-order valence-corrected chi connectivity index (χ3v) is 7.07. The van der Waals surface area contributed by atoms with Gasteiger partial charge in [-0.1, -0.05) is 17.7 Å². The SMILES string of the molecule is Cc1ccc(S(=O)(=O)Cc2nc(-c3ccc(C(=O)Nc4ccc(F)cc4C)cc3)oc2C)cc1. The summed E-state index contributed by atoms with van der Waals surface area (Å²) in [7, 11) is -3.57. The first-order valence-corrected chi connectivity index (χ1v) is 12.2. The first kappa shape index (κ1) is 23.4. The predicted molar refractivity (Wildman–Crippen MR) is 128 cm³/mol. The molecule has 3 aromatic carbocycles. The summed E-state index contributed by atoms with van der Waals surface area (Å²) in [5.41, 5.74) is 3.47. The maximum Gasteiger partial charge on any atom is 0.255 e. The Hall–Kier alpha value is -3.78. The van der Waals surface area contributed by atoms with Crippen molar-refractivity contribution in [2.75, 3.05) is 5.32 Å². The van der Waals surface area contributed by atoms with Crippen LogP contribution in [0.15, 0.2) is 76.0 Å². The number of sulfone groups is 1. The number of halogens is 1. The van der Waals surface area contributed by atoms with Crippen molar-refractivity contribution in [2.24, 2.45) is 0 Å². The number of nitrogens with zero attached hydrogens (tertiary/aromatic N) is 1. The zero-order chi connectivity index (χ0) is 24.5. The minimum atomic E-state index is -3.57. The second kappa shape index (κ2) is 9.23. The van der Waals surface area contributed by atoms with E-state index in [9.17, 15) is 17.6 Å². The van der Waals surface area contributed by atoms with E-state index in [4.69, 9.17) is 4.42 Å². The van der Waals surface area contributed by atoms with Crippen LogP contribution < -0.4 is 5.32 Å². The summed E-state index contributed by atoms with van der Waals surface area (Å²) in [6.45, 7) is 5.27. The number of aryl methyl sites for hydroxylation is 3. The maximum atomic E-state index is 13.3. The number of hydrogen-bond acceptors (Lipinski definition) is 5. The molecule has 1 aromatic heterocycles. The first-order chi connectivity index (χ1) is 16.1. The second-order valence-corrected chi connectivity index (χ2v) is 10.1. The molecule has 0 spiro atoms. The van der Waals surface area contributed by atoms with Crippen LogP contribution in [0, 0.1) is 26.6 Å². The monoisotopic (exact) mass is 478 g/mol. The van der Waals surface area contributed by atoms with Crippen LogP contribution in [0.3, 0.4) is 0 Å². The van der Waals surface area contributed by atoms with Gasteiger partial charge in [0.25, 0.3) is 5.91 Å². The zero-order valence-electron chi connectivity index (χ0n) is 18.9. The second-order valence-electron chi connectivity index (χ2n) is 8.08. The van der Waals surface area contributed by atoms with Gasteiger partial charge >= 0.3 is 0 Å². The van der Waals surface area contributed by atoms with E-state index in [0.717, 1.165) is 5.56 Å². The van der Waals surface area contributed by atoms with Crippen LogP contribution in [-0.4, -0.2) is 19.3 Å². The number of hydrogen-bond donors (Lipinski definition) is 1. The van der Waals surface area contributed by atoms with Gasteiger partial charge in [-0.15, -0.1) is 0 Å². The average Bonchev–Trinajstić information content (AvgIpc) is 3.15. The molecule has 0 bridgehead atoms. The summed E-state index contributed by atoms with van der Waals surface area (Å²) in [5, 5.41) is 2.76. The number of anilines is 1. The lowest BCUT2D eigenvalue weighted by molar-refractivity contribution is 0.102. The van der Waals surface area contributed by atoms with E-state index < -0.39 is 9.84 Å². The molecule has 0 saturated heterocycles. The van der Waals surface area contributed by atoms with Crippen molar-refractivity contribution < 1.29 is 22.0 Å². The number of benzene rings is 3. The largest absolute Gasteiger partial charge is 0.441 e.